The van der Waals surface area contributed by atoms with Crippen LogP contribution in [0.2, 0.25) is 0 Å². The number of nitrogens with zero attached hydrogens (tertiary/aromatic N) is 1. The van der Waals surface area contributed by atoms with E-state index in [4.69, 9.17) is 0 Å². The third-order valence-corrected chi connectivity index (χ3v) is 2.95. The van der Waals surface area contributed by atoms with Crippen molar-refractivity contribution in [2.45, 2.75) is 34.1 Å². The first-order valence-corrected chi connectivity index (χ1v) is 6.29. The van der Waals surface area contributed by atoms with Crippen molar-refractivity contribution >= 4 is 27.0 Å². The summed E-state index contributed by atoms with van der Waals surface area (Å²) < 4.78 is 1.10. The lowest BCUT2D eigenvalue weighted by atomic mass is 9.92. The second-order valence-electron chi connectivity index (χ2n) is 5.54. The molecule has 2 rings (SSSR count). The molecule has 0 radical (unpaired) electrons. The molecule has 16 heavy (non-hydrogen) atoms. The summed E-state index contributed by atoms with van der Waals surface area (Å²) in [6.45, 7) is 8.77. The summed E-state index contributed by atoms with van der Waals surface area (Å²) in [6.07, 6.45) is 0.971. The number of benzene rings is 1. The molecule has 1 N–H and O–H groups in total. The Morgan fingerprint density at radius 2 is 2.00 bits per heavy atom. The van der Waals surface area contributed by atoms with Gasteiger partial charge in [-0.15, -0.1) is 0 Å². The topological polar surface area (TPSA) is 28.7 Å². The van der Waals surface area contributed by atoms with E-state index in [9.17, 15) is 0 Å². The number of aryl methyl sites for hydroxylation is 1. The van der Waals surface area contributed by atoms with Crippen LogP contribution < -0.4 is 0 Å². The lowest BCUT2D eigenvalue weighted by Crippen LogP contribution is -2.10. The SMILES string of the molecule is Cc1cc(Br)cc2[nH]c(CC(C)(C)C)nc12. The van der Waals surface area contributed by atoms with Crippen LogP contribution in [0.15, 0.2) is 16.6 Å². The Labute approximate surface area is 105 Å². The van der Waals surface area contributed by atoms with Crippen molar-refractivity contribution in [2.24, 2.45) is 5.41 Å². The number of rotatable bonds is 1. The number of aromatic amines is 1. The number of fused-ring (bicyclic) bond motifs is 1. The smallest absolute Gasteiger partial charge is 0.107 e. The van der Waals surface area contributed by atoms with Gasteiger partial charge in [0.2, 0.25) is 0 Å². The van der Waals surface area contributed by atoms with Crippen LogP contribution in [0.5, 0.6) is 0 Å². The highest BCUT2D eigenvalue weighted by atomic mass is 79.9. The maximum atomic E-state index is 4.66. The zero-order valence-electron chi connectivity index (χ0n) is 10.2. The molecule has 0 saturated heterocycles. The molecule has 0 aliphatic rings. The van der Waals surface area contributed by atoms with Crippen LogP contribution in [0, 0.1) is 12.3 Å². The van der Waals surface area contributed by atoms with E-state index in [0.29, 0.717) is 0 Å². The number of hydrogen-bond acceptors (Lipinski definition) is 1. The van der Waals surface area contributed by atoms with E-state index in [0.717, 1.165) is 27.8 Å². The van der Waals surface area contributed by atoms with E-state index in [-0.39, 0.29) is 5.41 Å². The van der Waals surface area contributed by atoms with Gasteiger partial charge >= 0.3 is 0 Å². The van der Waals surface area contributed by atoms with Gasteiger partial charge in [0, 0.05) is 10.9 Å². The maximum Gasteiger partial charge on any atom is 0.107 e. The fraction of sp³-hybridized carbons (Fsp3) is 0.462. The highest BCUT2D eigenvalue weighted by Crippen LogP contribution is 2.25. The predicted octanol–water partition coefficient (Wildman–Crippen LogP) is 4.22. The first-order chi connectivity index (χ1) is 7.35. The minimum atomic E-state index is 0.263. The second-order valence-corrected chi connectivity index (χ2v) is 6.46. The Bertz CT molecular complexity index is 520. The second kappa shape index (κ2) is 3.88. The molecule has 0 aliphatic carbocycles. The van der Waals surface area contributed by atoms with E-state index in [1.165, 1.54) is 5.56 Å². The van der Waals surface area contributed by atoms with Crippen molar-refractivity contribution in [3.05, 3.63) is 28.0 Å². The summed E-state index contributed by atoms with van der Waals surface area (Å²) in [6, 6.07) is 4.19. The van der Waals surface area contributed by atoms with Gasteiger partial charge in [0.25, 0.3) is 0 Å². The van der Waals surface area contributed by atoms with E-state index >= 15 is 0 Å². The van der Waals surface area contributed by atoms with E-state index in [1.54, 1.807) is 0 Å². The first-order valence-electron chi connectivity index (χ1n) is 5.50. The molecule has 0 atom stereocenters. The van der Waals surface area contributed by atoms with Crippen LogP contribution >= 0.6 is 15.9 Å². The van der Waals surface area contributed by atoms with Crippen LogP contribution in [-0.2, 0) is 6.42 Å². The molecule has 2 nitrogen and oxygen atoms in total. The molecular formula is C13H17BrN2. The fourth-order valence-electron chi connectivity index (χ4n) is 1.88. The van der Waals surface area contributed by atoms with Gasteiger partial charge < -0.3 is 4.98 Å². The van der Waals surface area contributed by atoms with Crippen molar-refractivity contribution in [1.29, 1.82) is 0 Å². The Morgan fingerprint density at radius 3 is 2.62 bits per heavy atom. The van der Waals surface area contributed by atoms with Crippen LogP contribution in [0.4, 0.5) is 0 Å². The molecule has 0 saturated carbocycles. The Hall–Kier alpha value is -0.830. The van der Waals surface area contributed by atoms with Gasteiger partial charge in [0.1, 0.15) is 5.82 Å². The van der Waals surface area contributed by atoms with Gasteiger partial charge in [-0.2, -0.15) is 0 Å². The zero-order valence-corrected chi connectivity index (χ0v) is 11.8. The average molecular weight is 281 g/mol. The van der Waals surface area contributed by atoms with Crippen LogP contribution in [0.25, 0.3) is 11.0 Å². The van der Waals surface area contributed by atoms with Gasteiger partial charge in [-0.3, -0.25) is 0 Å². The Kier molecular flexibility index (Phi) is 2.82. The molecule has 0 aliphatic heterocycles. The molecule has 0 unspecified atom stereocenters. The Morgan fingerprint density at radius 1 is 1.31 bits per heavy atom. The van der Waals surface area contributed by atoms with Crippen molar-refractivity contribution in [2.75, 3.05) is 0 Å². The summed E-state index contributed by atoms with van der Waals surface area (Å²) >= 11 is 3.51. The summed E-state index contributed by atoms with van der Waals surface area (Å²) in [5.74, 6) is 1.07. The minimum Gasteiger partial charge on any atom is -0.342 e. The minimum absolute atomic E-state index is 0.263. The van der Waals surface area contributed by atoms with Crippen molar-refractivity contribution in [3.8, 4) is 0 Å². The molecule has 1 aromatic heterocycles. The number of imidazole rings is 1. The van der Waals surface area contributed by atoms with Crippen molar-refractivity contribution in [3.63, 3.8) is 0 Å². The number of halogens is 1. The van der Waals surface area contributed by atoms with Gasteiger partial charge in [-0.1, -0.05) is 36.7 Å². The van der Waals surface area contributed by atoms with E-state index < -0.39 is 0 Å². The quantitative estimate of drug-likeness (QED) is 0.832. The average Bonchev–Trinajstić information content (AvgIpc) is 2.43. The van der Waals surface area contributed by atoms with Crippen LogP contribution in [-0.4, -0.2) is 9.97 Å². The van der Waals surface area contributed by atoms with Gasteiger partial charge in [0.05, 0.1) is 11.0 Å². The first kappa shape index (κ1) is 11.6. The van der Waals surface area contributed by atoms with Gasteiger partial charge in [0.15, 0.2) is 0 Å². The van der Waals surface area contributed by atoms with Crippen molar-refractivity contribution < 1.29 is 0 Å². The standard InChI is InChI=1S/C13H17BrN2/c1-8-5-9(14)6-10-12(8)16-11(15-10)7-13(2,3)4/h5-6H,7H2,1-4H3,(H,15,16). The largest absolute Gasteiger partial charge is 0.342 e. The maximum absolute atomic E-state index is 4.66. The summed E-state index contributed by atoms with van der Waals surface area (Å²) in [5.41, 5.74) is 3.67. The summed E-state index contributed by atoms with van der Waals surface area (Å²) in [7, 11) is 0. The number of aromatic nitrogens is 2. The van der Waals surface area contributed by atoms with E-state index in [1.807, 2.05) is 0 Å². The molecule has 3 heteroatoms. The highest BCUT2D eigenvalue weighted by molar-refractivity contribution is 9.10. The number of nitrogens with one attached hydrogen (secondary N) is 1. The van der Waals surface area contributed by atoms with Crippen LogP contribution in [0.1, 0.15) is 32.2 Å². The molecule has 1 aromatic carbocycles. The summed E-state index contributed by atoms with van der Waals surface area (Å²) in [4.78, 5) is 8.06. The Balaban J connectivity index is 2.48. The van der Waals surface area contributed by atoms with Gasteiger partial charge in [-0.05, 0) is 30.0 Å². The monoisotopic (exact) mass is 280 g/mol. The highest BCUT2D eigenvalue weighted by Gasteiger charge is 2.15. The molecule has 0 spiro atoms. The fourth-order valence-corrected chi connectivity index (χ4v) is 2.46. The third-order valence-electron chi connectivity index (χ3n) is 2.49. The van der Waals surface area contributed by atoms with E-state index in [2.05, 4.69) is 65.7 Å². The molecular weight excluding hydrogens is 264 g/mol. The van der Waals surface area contributed by atoms with Gasteiger partial charge in [-0.25, -0.2) is 4.98 Å². The lowest BCUT2D eigenvalue weighted by molar-refractivity contribution is 0.402. The molecule has 1 heterocycles. The number of H-pyrrole nitrogens is 1. The predicted molar refractivity (Wildman–Crippen MR) is 71.7 cm³/mol. The summed E-state index contributed by atoms with van der Waals surface area (Å²) in [5, 5.41) is 0. The molecule has 0 fully saturated rings. The van der Waals surface area contributed by atoms with Crippen molar-refractivity contribution in [1.82, 2.24) is 9.97 Å². The third kappa shape index (κ3) is 2.46. The molecule has 86 valence electrons. The number of hydrogen-bond donors (Lipinski definition) is 1. The molecule has 2 aromatic rings. The molecule has 0 amide bonds. The molecule has 0 bridgehead atoms. The van der Waals surface area contributed by atoms with Crippen LogP contribution in [0.3, 0.4) is 0 Å². The zero-order chi connectivity index (χ0) is 11.9. The lowest BCUT2D eigenvalue weighted by Gasteiger charge is -2.15. The normalized spacial score (nSPS) is 12.3.